The Labute approximate surface area is 165 Å². The van der Waals surface area contributed by atoms with Crippen LogP contribution in [0.4, 0.5) is 10.7 Å². The number of hydrogen-bond acceptors (Lipinski definition) is 9. The molecule has 0 aliphatic rings. The molecule has 0 spiro atoms. The zero-order chi connectivity index (χ0) is 21.3. The lowest BCUT2D eigenvalue weighted by Crippen LogP contribution is -2.24. The summed E-state index contributed by atoms with van der Waals surface area (Å²) in [5.74, 6) is -1.97. The van der Waals surface area contributed by atoms with Gasteiger partial charge in [-0.25, -0.2) is 17.9 Å². The van der Waals surface area contributed by atoms with E-state index in [4.69, 9.17) is 0 Å². The van der Waals surface area contributed by atoms with Gasteiger partial charge in [0, 0.05) is 23.1 Å². The van der Waals surface area contributed by atoms with Gasteiger partial charge in [0.05, 0.1) is 16.2 Å². The van der Waals surface area contributed by atoms with Gasteiger partial charge in [0.15, 0.2) is 0 Å². The Balaban J connectivity index is 1.74. The maximum absolute atomic E-state index is 12.3. The largest absolute Gasteiger partial charge is 0.478 e. The summed E-state index contributed by atoms with van der Waals surface area (Å²) in [6.45, 7) is -0.280. The van der Waals surface area contributed by atoms with Gasteiger partial charge in [-0.3, -0.25) is 25.1 Å². The molecular formula is C15H12N4O8S2. The summed E-state index contributed by atoms with van der Waals surface area (Å²) in [4.78, 5) is 44.0. The van der Waals surface area contributed by atoms with Gasteiger partial charge in [-0.1, -0.05) is 18.2 Å². The van der Waals surface area contributed by atoms with Gasteiger partial charge in [-0.05, 0) is 6.07 Å². The minimum Gasteiger partial charge on any atom is -0.478 e. The van der Waals surface area contributed by atoms with Crippen molar-refractivity contribution in [3.05, 3.63) is 77.2 Å². The monoisotopic (exact) mass is 440 g/mol. The van der Waals surface area contributed by atoms with Crippen LogP contribution in [0.5, 0.6) is 0 Å². The summed E-state index contributed by atoms with van der Waals surface area (Å²) in [6, 6.07) is 6.61. The lowest BCUT2D eigenvalue weighted by Gasteiger charge is -2.06. The van der Waals surface area contributed by atoms with Crippen LogP contribution in [0.25, 0.3) is 0 Å². The number of carboxylic acids is 1. The SMILES string of the molecule is O=C(O)c1cc(CNS(=O)(=O)Cc2ccccc2[N+](=O)[O-])sc1Nn1c(=O)c1=O. The summed E-state index contributed by atoms with van der Waals surface area (Å²) in [5.41, 5.74) is 0.157. The van der Waals surface area contributed by atoms with E-state index in [9.17, 15) is 38.0 Å². The predicted octanol–water partition coefficient (Wildman–Crippen LogP) is 0.247. The highest BCUT2D eigenvalue weighted by Gasteiger charge is 2.23. The van der Waals surface area contributed by atoms with Crippen LogP contribution < -0.4 is 21.3 Å². The molecule has 0 radical (unpaired) electrons. The highest BCUT2D eigenvalue weighted by atomic mass is 32.2. The molecule has 0 saturated heterocycles. The Hall–Kier alpha value is -3.36. The second kappa shape index (κ2) is 7.57. The summed E-state index contributed by atoms with van der Waals surface area (Å²) in [7, 11) is -3.98. The first-order valence-corrected chi connectivity index (χ1v) is 10.3. The fourth-order valence-electron chi connectivity index (χ4n) is 2.36. The molecule has 3 rings (SSSR count). The molecule has 2 aromatic heterocycles. The van der Waals surface area contributed by atoms with Crippen molar-refractivity contribution in [3.8, 4) is 0 Å². The Morgan fingerprint density at radius 2 is 1.90 bits per heavy atom. The Bertz CT molecular complexity index is 1260. The molecule has 29 heavy (non-hydrogen) atoms. The first-order chi connectivity index (χ1) is 13.6. The van der Waals surface area contributed by atoms with Gasteiger partial charge in [0.25, 0.3) is 5.69 Å². The Morgan fingerprint density at radius 1 is 1.24 bits per heavy atom. The van der Waals surface area contributed by atoms with E-state index < -0.39 is 37.8 Å². The molecule has 3 aromatic rings. The number of nitrogens with one attached hydrogen (secondary N) is 2. The smallest absolute Gasteiger partial charge is 0.340 e. The highest BCUT2D eigenvalue weighted by Crippen LogP contribution is 2.28. The van der Waals surface area contributed by atoms with Gasteiger partial charge in [0.2, 0.25) is 10.0 Å². The second-order valence-electron chi connectivity index (χ2n) is 5.78. The van der Waals surface area contributed by atoms with Gasteiger partial charge < -0.3 is 5.11 Å². The third-order valence-corrected chi connectivity index (χ3v) is 6.08. The molecule has 14 heteroatoms. The molecule has 0 fully saturated rings. The number of sulfonamides is 1. The van der Waals surface area contributed by atoms with Crippen LogP contribution in [0.3, 0.4) is 0 Å². The van der Waals surface area contributed by atoms with E-state index in [2.05, 4.69) is 10.1 Å². The van der Waals surface area contributed by atoms with Crippen molar-refractivity contribution in [3.63, 3.8) is 0 Å². The number of benzene rings is 1. The predicted molar refractivity (Wildman–Crippen MR) is 102 cm³/mol. The number of carboxylic acid groups (broad SMARTS) is 1. The standard InChI is InChI=1S/C15H12N4O8S2/c20-13-14(21)18(13)17-12-10(15(22)23)5-9(28-12)6-16-29(26,27)7-8-3-1-2-4-11(8)19(24)25/h1-5,16-17H,6-7H2,(H,22,23). The maximum atomic E-state index is 12.3. The molecule has 0 saturated carbocycles. The first kappa shape index (κ1) is 20.4. The minimum absolute atomic E-state index is 0.00307. The fraction of sp³-hybridized carbons (Fsp3) is 0.133. The number of nitro benzene ring substituents is 1. The number of anilines is 1. The molecule has 0 aliphatic heterocycles. The number of aromatic carboxylic acids is 1. The molecular weight excluding hydrogens is 428 g/mol. The van der Waals surface area contributed by atoms with Crippen LogP contribution in [0.1, 0.15) is 20.8 Å². The second-order valence-corrected chi connectivity index (χ2v) is 8.73. The number of rotatable bonds is 9. The van der Waals surface area contributed by atoms with E-state index >= 15 is 0 Å². The molecule has 152 valence electrons. The van der Waals surface area contributed by atoms with Gasteiger partial charge in [-0.2, -0.15) is 4.68 Å². The van der Waals surface area contributed by atoms with E-state index in [1.54, 1.807) is 0 Å². The lowest BCUT2D eigenvalue weighted by atomic mass is 10.2. The van der Waals surface area contributed by atoms with Crippen LogP contribution in [-0.2, 0) is 22.3 Å². The number of nitro groups is 1. The maximum Gasteiger partial charge on any atom is 0.340 e. The number of thiophene rings is 1. The van der Waals surface area contributed by atoms with Gasteiger partial charge in [-0.15, -0.1) is 11.3 Å². The number of para-hydroxylation sites is 1. The summed E-state index contributed by atoms with van der Waals surface area (Å²) in [5, 5.41) is 20.2. The van der Waals surface area contributed by atoms with E-state index in [-0.39, 0.29) is 33.2 Å². The zero-order valence-corrected chi connectivity index (χ0v) is 15.9. The van der Waals surface area contributed by atoms with E-state index in [1.165, 1.54) is 30.3 Å². The van der Waals surface area contributed by atoms with Crippen LogP contribution in [0, 0.1) is 10.1 Å². The van der Waals surface area contributed by atoms with Crippen LogP contribution in [0.15, 0.2) is 39.9 Å². The molecule has 0 aliphatic carbocycles. The summed E-state index contributed by atoms with van der Waals surface area (Å²) < 4.78 is 27.5. The topological polar surface area (TPSA) is 178 Å². The van der Waals surface area contributed by atoms with Gasteiger partial charge >= 0.3 is 17.1 Å². The third-order valence-electron chi connectivity index (χ3n) is 3.77. The van der Waals surface area contributed by atoms with Crippen LogP contribution >= 0.6 is 11.3 Å². The van der Waals surface area contributed by atoms with Gasteiger partial charge in [0.1, 0.15) is 5.00 Å². The van der Waals surface area contributed by atoms with Crippen molar-refractivity contribution < 1.29 is 23.2 Å². The number of aromatic nitrogens is 1. The van der Waals surface area contributed by atoms with Crippen molar-refractivity contribution in [1.29, 1.82) is 0 Å². The number of hydrogen-bond donors (Lipinski definition) is 3. The van der Waals surface area contributed by atoms with Crippen LogP contribution in [-0.4, -0.2) is 29.1 Å². The molecule has 0 amide bonds. The minimum atomic E-state index is -3.98. The fourth-order valence-corrected chi connectivity index (χ4v) is 4.56. The van der Waals surface area contributed by atoms with Crippen molar-refractivity contribution in [2.24, 2.45) is 0 Å². The average molecular weight is 440 g/mol. The average Bonchev–Trinajstić information content (AvgIpc) is 3.04. The Kier molecular flexibility index (Phi) is 5.32. The third kappa shape index (κ3) is 4.56. The summed E-state index contributed by atoms with van der Waals surface area (Å²) in [6.07, 6.45) is 0. The molecule has 0 bridgehead atoms. The van der Waals surface area contributed by atoms with Crippen molar-refractivity contribution in [1.82, 2.24) is 9.40 Å². The van der Waals surface area contributed by atoms with Crippen molar-refractivity contribution in [2.75, 3.05) is 5.43 Å². The molecule has 2 heterocycles. The normalized spacial score (nSPS) is 11.6. The quantitative estimate of drug-likeness (QED) is 0.239. The molecule has 12 nitrogen and oxygen atoms in total. The van der Waals surface area contributed by atoms with E-state index in [0.717, 1.165) is 11.3 Å². The number of nitrogens with zero attached hydrogens (tertiary/aromatic N) is 2. The van der Waals surface area contributed by atoms with Crippen molar-refractivity contribution >= 4 is 38.0 Å². The van der Waals surface area contributed by atoms with Crippen molar-refractivity contribution in [2.45, 2.75) is 12.3 Å². The first-order valence-electron chi connectivity index (χ1n) is 7.80. The van der Waals surface area contributed by atoms with E-state index in [1.807, 2.05) is 0 Å². The summed E-state index contributed by atoms with van der Waals surface area (Å²) >= 11 is 0.842. The molecule has 3 N–H and O–H groups in total. The molecule has 0 atom stereocenters. The zero-order valence-electron chi connectivity index (χ0n) is 14.3. The Morgan fingerprint density at radius 3 is 2.48 bits per heavy atom. The highest BCUT2D eigenvalue weighted by molar-refractivity contribution is 7.88. The van der Waals surface area contributed by atoms with E-state index in [0.29, 0.717) is 4.68 Å². The lowest BCUT2D eigenvalue weighted by molar-refractivity contribution is -0.385. The molecule has 0 unspecified atom stereocenters. The molecule has 1 aromatic carbocycles. The van der Waals surface area contributed by atoms with Crippen LogP contribution in [0.2, 0.25) is 0 Å². The number of carbonyl (C=O) groups is 1.